The van der Waals surface area contributed by atoms with Gasteiger partial charge in [0.1, 0.15) is 0 Å². The van der Waals surface area contributed by atoms with E-state index >= 15 is 0 Å². The lowest BCUT2D eigenvalue weighted by Crippen LogP contribution is -2.30. The zero-order valence-electron chi connectivity index (χ0n) is 21.4. The summed E-state index contributed by atoms with van der Waals surface area (Å²) in [6, 6.07) is 19.0. The lowest BCUT2D eigenvalue weighted by molar-refractivity contribution is -0.144. The number of benzene rings is 3. The van der Waals surface area contributed by atoms with Gasteiger partial charge in [0.2, 0.25) is 5.78 Å². The van der Waals surface area contributed by atoms with Gasteiger partial charge in [-0.25, -0.2) is 0 Å². The molecule has 0 bridgehead atoms. The number of fused-ring (bicyclic) bond motifs is 3. The van der Waals surface area contributed by atoms with Gasteiger partial charge in [-0.2, -0.15) is 26.3 Å². The molecule has 0 N–H and O–H groups in total. The molecule has 4 rings (SSSR count). The van der Waals surface area contributed by atoms with Gasteiger partial charge in [0.15, 0.2) is 18.1 Å². The van der Waals surface area contributed by atoms with Gasteiger partial charge < -0.3 is 4.84 Å². The van der Waals surface area contributed by atoms with Crippen LogP contribution in [0, 0.1) is 0 Å². The molecule has 0 spiro atoms. The molecule has 0 aromatic heterocycles. The summed E-state index contributed by atoms with van der Waals surface area (Å²) in [7, 11) is 0. The summed E-state index contributed by atoms with van der Waals surface area (Å²) in [5.41, 5.74) is 0.195. The Morgan fingerprint density at radius 1 is 0.750 bits per heavy atom. The summed E-state index contributed by atoms with van der Waals surface area (Å²) in [4.78, 5) is 30.1. The molecule has 0 radical (unpaired) electrons. The van der Waals surface area contributed by atoms with Gasteiger partial charge in [-0.1, -0.05) is 71.9 Å². The Balaban J connectivity index is 1.85. The molecule has 10 heteroatoms. The second-order valence-electron chi connectivity index (χ2n) is 9.73. The summed E-state index contributed by atoms with van der Waals surface area (Å²) in [5.74, 6) is -0.993. The highest BCUT2D eigenvalue weighted by Gasteiger charge is 2.47. The van der Waals surface area contributed by atoms with Crippen LogP contribution in [0.2, 0.25) is 0 Å². The molecule has 1 aliphatic carbocycles. The first-order valence-corrected chi connectivity index (χ1v) is 12.5. The topological polar surface area (TPSA) is 55.7 Å². The van der Waals surface area contributed by atoms with Crippen molar-refractivity contribution in [1.82, 2.24) is 0 Å². The molecule has 0 fully saturated rings. The van der Waals surface area contributed by atoms with E-state index in [1.54, 1.807) is 60.7 Å². The Hall–Kier alpha value is -3.95. The molecule has 210 valence electrons. The van der Waals surface area contributed by atoms with Crippen LogP contribution >= 0.6 is 0 Å². The monoisotopic (exact) mass is 561 g/mol. The van der Waals surface area contributed by atoms with Crippen LogP contribution in [0.25, 0.3) is 11.1 Å². The first-order chi connectivity index (χ1) is 18.8. The molecule has 4 nitrogen and oxygen atoms in total. The van der Waals surface area contributed by atoms with E-state index in [1.165, 1.54) is 19.1 Å². The number of carbonyl (C=O) groups is 2. The fourth-order valence-electron chi connectivity index (χ4n) is 5.12. The van der Waals surface area contributed by atoms with Crippen molar-refractivity contribution in [3.05, 3.63) is 95.1 Å². The van der Waals surface area contributed by atoms with E-state index in [0.29, 0.717) is 22.3 Å². The second kappa shape index (κ2) is 11.3. The van der Waals surface area contributed by atoms with Gasteiger partial charge >= 0.3 is 12.4 Å². The third-order valence-corrected chi connectivity index (χ3v) is 6.89. The molecule has 3 aromatic carbocycles. The van der Waals surface area contributed by atoms with E-state index in [0.717, 1.165) is 0 Å². The number of carbonyl (C=O) groups excluding carboxylic acids is 2. The smallest absolute Gasteiger partial charge is 0.387 e. The normalized spacial score (nSPS) is 14.4. The summed E-state index contributed by atoms with van der Waals surface area (Å²) in [5, 5.41) is 3.87. The van der Waals surface area contributed by atoms with Crippen LogP contribution in [0.5, 0.6) is 0 Å². The number of alkyl halides is 6. The zero-order valence-corrected chi connectivity index (χ0v) is 21.4. The van der Waals surface area contributed by atoms with E-state index in [1.807, 2.05) is 0 Å². The van der Waals surface area contributed by atoms with Crippen molar-refractivity contribution in [2.45, 2.75) is 50.4 Å². The first kappa shape index (κ1) is 29.0. The highest BCUT2D eigenvalue weighted by Crippen LogP contribution is 2.55. The Morgan fingerprint density at radius 2 is 1.32 bits per heavy atom. The Bertz CT molecular complexity index is 1410. The van der Waals surface area contributed by atoms with E-state index in [2.05, 4.69) is 5.16 Å². The number of Topliss-reactive ketones (excluding diaryl/α,β-unsaturated/α-hetero) is 2. The van der Waals surface area contributed by atoms with Crippen molar-refractivity contribution < 1.29 is 40.8 Å². The Labute approximate surface area is 226 Å². The third-order valence-electron chi connectivity index (χ3n) is 6.89. The molecular formula is C30H25F6NO3. The molecule has 0 aliphatic heterocycles. The third kappa shape index (κ3) is 6.43. The average Bonchev–Trinajstić information content (AvgIpc) is 3.17. The quantitative estimate of drug-likeness (QED) is 0.110. The van der Waals surface area contributed by atoms with Crippen LogP contribution in [-0.2, 0) is 15.0 Å². The van der Waals surface area contributed by atoms with Gasteiger partial charge in [-0.15, -0.1) is 0 Å². The molecular weight excluding hydrogens is 536 g/mol. The van der Waals surface area contributed by atoms with Crippen LogP contribution in [0.15, 0.2) is 78.0 Å². The largest absolute Gasteiger partial charge is 0.389 e. The predicted octanol–water partition coefficient (Wildman–Crippen LogP) is 7.83. The standard InChI is InChI=1S/C30H25F6NO3/c1-19(38)18-40-37-26(20-7-3-2-4-8-20)27(39)21-11-12-23-22-9-5-6-10-24(22)28(25(23)17-21,13-15-29(31,32)33)14-16-30(34,35)36/h2-12,17H,13-16,18H2,1H3/b37-26+. The summed E-state index contributed by atoms with van der Waals surface area (Å²) in [6.45, 7) is 0.889. The lowest BCUT2D eigenvalue weighted by atomic mass is 9.71. The van der Waals surface area contributed by atoms with Gasteiger partial charge in [-0.3, -0.25) is 9.59 Å². The highest BCUT2D eigenvalue weighted by molar-refractivity contribution is 6.51. The van der Waals surface area contributed by atoms with Crippen LogP contribution in [0.1, 0.15) is 59.7 Å². The Morgan fingerprint density at radius 3 is 1.93 bits per heavy atom. The number of nitrogens with zero attached hydrogens (tertiary/aromatic N) is 1. The summed E-state index contributed by atoms with van der Waals surface area (Å²) >= 11 is 0. The molecule has 0 atom stereocenters. The maximum atomic E-state index is 13.7. The van der Waals surface area contributed by atoms with Crippen LogP contribution in [0.3, 0.4) is 0 Å². The SMILES string of the molecule is CC(=O)CO/N=C(/C(=O)c1ccc2c(c1)C(CCC(F)(F)F)(CCC(F)(F)F)c1ccccc1-2)c1ccccc1. The number of ketones is 2. The fraction of sp³-hybridized carbons (Fsp3) is 0.300. The van der Waals surface area contributed by atoms with Crippen molar-refractivity contribution in [2.24, 2.45) is 5.16 Å². The minimum absolute atomic E-state index is 0.0176. The van der Waals surface area contributed by atoms with E-state index in [-0.39, 0.29) is 29.2 Å². The van der Waals surface area contributed by atoms with Crippen molar-refractivity contribution in [3.8, 4) is 11.1 Å². The maximum absolute atomic E-state index is 13.7. The average molecular weight is 562 g/mol. The molecule has 0 saturated heterocycles. The number of halogens is 6. The predicted molar refractivity (Wildman–Crippen MR) is 137 cm³/mol. The van der Waals surface area contributed by atoms with Crippen molar-refractivity contribution in [1.29, 1.82) is 0 Å². The number of hydrogen-bond donors (Lipinski definition) is 0. The van der Waals surface area contributed by atoms with Gasteiger partial charge in [0, 0.05) is 29.4 Å². The van der Waals surface area contributed by atoms with Crippen LogP contribution in [-0.4, -0.2) is 36.2 Å². The minimum atomic E-state index is -4.60. The van der Waals surface area contributed by atoms with E-state index < -0.39 is 49.2 Å². The van der Waals surface area contributed by atoms with Gasteiger partial charge in [0.05, 0.1) is 0 Å². The van der Waals surface area contributed by atoms with Crippen LogP contribution in [0.4, 0.5) is 26.3 Å². The van der Waals surface area contributed by atoms with Crippen molar-refractivity contribution >= 4 is 17.3 Å². The van der Waals surface area contributed by atoms with Crippen molar-refractivity contribution in [3.63, 3.8) is 0 Å². The molecule has 3 aromatic rings. The summed E-state index contributed by atoms with van der Waals surface area (Å²) in [6.07, 6.45) is -13.0. The molecule has 1 aliphatic rings. The molecule has 0 heterocycles. The second-order valence-corrected chi connectivity index (χ2v) is 9.73. The van der Waals surface area contributed by atoms with E-state index in [9.17, 15) is 35.9 Å². The molecule has 0 saturated carbocycles. The fourth-order valence-corrected chi connectivity index (χ4v) is 5.12. The van der Waals surface area contributed by atoms with Gasteiger partial charge in [-0.05, 0) is 48.1 Å². The zero-order chi connectivity index (χ0) is 29.1. The molecule has 40 heavy (non-hydrogen) atoms. The van der Waals surface area contributed by atoms with Gasteiger partial charge in [0.25, 0.3) is 0 Å². The maximum Gasteiger partial charge on any atom is 0.389 e. The lowest BCUT2D eigenvalue weighted by Gasteiger charge is -2.33. The molecule has 0 amide bonds. The minimum Gasteiger partial charge on any atom is -0.387 e. The Kier molecular flexibility index (Phi) is 8.18. The summed E-state index contributed by atoms with van der Waals surface area (Å²) < 4.78 is 80.7. The number of hydrogen-bond acceptors (Lipinski definition) is 4. The van der Waals surface area contributed by atoms with E-state index in [4.69, 9.17) is 4.84 Å². The number of oxime groups is 1. The first-order valence-electron chi connectivity index (χ1n) is 12.5. The van der Waals surface area contributed by atoms with Crippen LogP contribution < -0.4 is 0 Å². The molecule has 0 unspecified atom stereocenters. The number of rotatable bonds is 10. The van der Waals surface area contributed by atoms with Crippen molar-refractivity contribution in [2.75, 3.05) is 6.61 Å². The highest BCUT2D eigenvalue weighted by atomic mass is 19.4.